The summed E-state index contributed by atoms with van der Waals surface area (Å²) >= 11 is 15.6. The quantitative estimate of drug-likeness (QED) is 0.517. The van der Waals surface area contributed by atoms with Crippen molar-refractivity contribution in [1.82, 2.24) is 0 Å². The number of hydrogen-bond acceptors (Lipinski definition) is 3. The van der Waals surface area contributed by atoms with E-state index in [-0.39, 0.29) is 5.76 Å². The van der Waals surface area contributed by atoms with Gasteiger partial charge in [0.05, 0.1) is 15.7 Å². The minimum absolute atomic E-state index is 0.141. The van der Waals surface area contributed by atoms with Crippen LogP contribution < -0.4 is 11.1 Å². The number of carbonyl (C=O) groups is 1. The number of nitrogen functional groups attached to an aromatic ring is 1. The van der Waals surface area contributed by atoms with Crippen molar-refractivity contribution in [3.05, 3.63) is 68.8 Å². The lowest BCUT2D eigenvalue weighted by Gasteiger charge is -2.06. The minimum Gasteiger partial charge on any atom is -0.451 e. The summed E-state index contributed by atoms with van der Waals surface area (Å²) in [4.78, 5) is 12.3. The average molecular weight is 426 g/mol. The van der Waals surface area contributed by atoms with Crippen LogP contribution in [0.1, 0.15) is 10.6 Å². The number of anilines is 2. The molecule has 3 N–H and O–H groups in total. The van der Waals surface area contributed by atoms with E-state index in [4.69, 9.17) is 33.4 Å². The molecule has 0 fully saturated rings. The normalized spacial score (nSPS) is 10.6. The molecule has 1 aromatic heterocycles. The highest BCUT2D eigenvalue weighted by molar-refractivity contribution is 9.10. The maximum atomic E-state index is 12.3. The summed E-state index contributed by atoms with van der Waals surface area (Å²) in [6.45, 7) is 0. The summed E-state index contributed by atoms with van der Waals surface area (Å²) in [6, 6.07) is 13.5. The van der Waals surface area contributed by atoms with Gasteiger partial charge in [0.2, 0.25) is 0 Å². The second-order valence-electron chi connectivity index (χ2n) is 4.98. The van der Waals surface area contributed by atoms with E-state index in [1.54, 1.807) is 36.4 Å². The van der Waals surface area contributed by atoms with E-state index in [9.17, 15) is 4.79 Å². The summed E-state index contributed by atoms with van der Waals surface area (Å²) in [7, 11) is 0. The van der Waals surface area contributed by atoms with Crippen LogP contribution in [0, 0.1) is 0 Å². The molecule has 0 aliphatic heterocycles. The topological polar surface area (TPSA) is 68.3 Å². The number of carbonyl (C=O) groups excluding carboxylic acids is 1. The smallest absolute Gasteiger partial charge is 0.291 e. The molecule has 3 aromatic rings. The molecule has 0 radical (unpaired) electrons. The Hall–Kier alpha value is -1.95. The van der Waals surface area contributed by atoms with Crippen molar-refractivity contribution in [3.8, 4) is 11.3 Å². The third-order valence-corrected chi connectivity index (χ3v) is 4.40. The van der Waals surface area contributed by atoms with E-state index < -0.39 is 5.91 Å². The molecule has 122 valence electrons. The largest absolute Gasteiger partial charge is 0.451 e. The lowest BCUT2D eigenvalue weighted by molar-refractivity contribution is 0.0997. The third-order valence-electron chi connectivity index (χ3n) is 3.26. The number of furan rings is 1. The monoisotopic (exact) mass is 424 g/mol. The van der Waals surface area contributed by atoms with Gasteiger partial charge in [0.1, 0.15) is 5.76 Å². The summed E-state index contributed by atoms with van der Waals surface area (Å²) < 4.78 is 6.47. The number of benzene rings is 2. The van der Waals surface area contributed by atoms with Crippen molar-refractivity contribution in [1.29, 1.82) is 0 Å². The number of hydrogen-bond donors (Lipinski definition) is 2. The van der Waals surface area contributed by atoms with Crippen LogP contribution in [0.2, 0.25) is 10.0 Å². The first-order valence-electron chi connectivity index (χ1n) is 6.85. The number of nitrogens with two attached hydrogens (primary N) is 1. The van der Waals surface area contributed by atoms with E-state index in [0.717, 1.165) is 4.47 Å². The van der Waals surface area contributed by atoms with Gasteiger partial charge in [0.15, 0.2) is 5.76 Å². The van der Waals surface area contributed by atoms with Gasteiger partial charge in [0.25, 0.3) is 5.91 Å². The molecule has 0 saturated heterocycles. The Balaban J connectivity index is 1.85. The van der Waals surface area contributed by atoms with Gasteiger partial charge < -0.3 is 15.5 Å². The Morgan fingerprint density at radius 3 is 2.58 bits per heavy atom. The molecule has 0 bridgehead atoms. The van der Waals surface area contributed by atoms with Crippen molar-refractivity contribution >= 4 is 56.4 Å². The van der Waals surface area contributed by atoms with E-state index in [1.165, 1.54) is 0 Å². The minimum atomic E-state index is -0.429. The first-order chi connectivity index (χ1) is 11.4. The molecule has 0 atom stereocenters. The average Bonchev–Trinajstić information content (AvgIpc) is 3.00. The van der Waals surface area contributed by atoms with Crippen molar-refractivity contribution < 1.29 is 9.21 Å². The van der Waals surface area contributed by atoms with Crippen LogP contribution in [0.4, 0.5) is 11.4 Å². The Morgan fingerprint density at radius 2 is 1.83 bits per heavy atom. The fraction of sp³-hybridized carbons (Fsp3) is 0. The zero-order valence-corrected chi connectivity index (χ0v) is 15.2. The Labute approximate surface area is 156 Å². The van der Waals surface area contributed by atoms with E-state index >= 15 is 0 Å². The lowest BCUT2D eigenvalue weighted by atomic mass is 10.2. The first-order valence-corrected chi connectivity index (χ1v) is 8.40. The molecular formula is C17H11BrCl2N2O2. The Bertz CT molecular complexity index is 925. The number of rotatable bonds is 3. The molecule has 7 heteroatoms. The van der Waals surface area contributed by atoms with Gasteiger partial charge in [-0.05, 0) is 48.5 Å². The van der Waals surface area contributed by atoms with Crippen LogP contribution in [0.5, 0.6) is 0 Å². The summed E-state index contributed by atoms with van der Waals surface area (Å²) in [6.07, 6.45) is 0. The van der Waals surface area contributed by atoms with Gasteiger partial charge >= 0.3 is 0 Å². The summed E-state index contributed by atoms with van der Waals surface area (Å²) in [5.41, 5.74) is 7.31. The fourth-order valence-electron chi connectivity index (χ4n) is 2.12. The number of nitrogens with one attached hydrogen (secondary N) is 1. The van der Waals surface area contributed by atoms with Crippen molar-refractivity contribution in [3.63, 3.8) is 0 Å². The van der Waals surface area contributed by atoms with Gasteiger partial charge in [-0.25, -0.2) is 0 Å². The van der Waals surface area contributed by atoms with Gasteiger partial charge in [-0.3, -0.25) is 4.79 Å². The fourth-order valence-corrected chi connectivity index (χ4v) is 3.05. The molecule has 0 aliphatic rings. The van der Waals surface area contributed by atoms with Crippen LogP contribution in [0.15, 0.2) is 57.4 Å². The van der Waals surface area contributed by atoms with Gasteiger partial charge in [0, 0.05) is 15.7 Å². The molecule has 2 aromatic carbocycles. The van der Waals surface area contributed by atoms with E-state index in [0.29, 0.717) is 32.7 Å². The van der Waals surface area contributed by atoms with Crippen LogP contribution in [0.25, 0.3) is 11.3 Å². The van der Waals surface area contributed by atoms with Crippen LogP contribution >= 0.6 is 39.1 Å². The molecule has 0 aliphatic carbocycles. The van der Waals surface area contributed by atoms with Crippen molar-refractivity contribution in [2.24, 2.45) is 0 Å². The molecule has 0 spiro atoms. The highest BCUT2D eigenvalue weighted by Crippen LogP contribution is 2.32. The molecule has 1 heterocycles. The highest BCUT2D eigenvalue weighted by atomic mass is 79.9. The van der Waals surface area contributed by atoms with Gasteiger partial charge in [-0.1, -0.05) is 39.1 Å². The molecule has 24 heavy (non-hydrogen) atoms. The maximum Gasteiger partial charge on any atom is 0.291 e. The standard InChI is InChI=1S/C17H11BrCl2N2O2/c18-9-1-3-11(13(20)7-9)15-5-6-16(24-15)17(23)22-14-8-10(21)2-4-12(14)19/h1-8H,21H2,(H,22,23). The van der Waals surface area contributed by atoms with Crippen LogP contribution in [-0.4, -0.2) is 5.91 Å². The van der Waals surface area contributed by atoms with Gasteiger partial charge in [-0.15, -0.1) is 0 Å². The molecular weight excluding hydrogens is 415 g/mol. The molecule has 1 amide bonds. The zero-order chi connectivity index (χ0) is 17.3. The zero-order valence-electron chi connectivity index (χ0n) is 12.1. The maximum absolute atomic E-state index is 12.3. The Morgan fingerprint density at radius 1 is 1.04 bits per heavy atom. The predicted octanol–water partition coefficient (Wildman–Crippen LogP) is 5.85. The summed E-state index contributed by atoms with van der Waals surface area (Å²) in [5.74, 6) is 0.209. The third kappa shape index (κ3) is 3.59. The predicted molar refractivity (Wildman–Crippen MR) is 101 cm³/mol. The summed E-state index contributed by atoms with van der Waals surface area (Å²) in [5, 5.41) is 3.58. The second kappa shape index (κ2) is 6.89. The first kappa shape index (κ1) is 16.9. The number of halogens is 3. The van der Waals surface area contributed by atoms with E-state index in [2.05, 4.69) is 21.2 Å². The van der Waals surface area contributed by atoms with E-state index in [1.807, 2.05) is 12.1 Å². The SMILES string of the molecule is Nc1ccc(Cl)c(NC(=O)c2ccc(-c3ccc(Br)cc3Cl)o2)c1. The molecule has 0 unspecified atom stereocenters. The Kier molecular flexibility index (Phi) is 4.85. The van der Waals surface area contributed by atoms with Crippen LogP contribution in [0.3, 0.4) is 0 Å². The molecule has 3 rings (SSSR count). The van der Waals surface area contributed by atoms with Crippen LogP contribution in [-0.2, 0) is 0 Å². The lowest BCUT2D eigenvalue weighted by Crippen LogP contribution is -2.11. The van der Waals surface area contributed by atoms with Crippen molar-refractivity contribution in [2.75, 3.05) is 11.1 Å². The van der Waals surface area contributed by atoms with Gasteiger partial charge in [-0.2, -0.15) is 0 Å². The second-order valence-corrected chi connectivity index (χ2v) is 6.71. The highest BCUT2D eigenvalue weighted by Gasteiger charge is 2.15. The molecule has 0 saturated carbocycles. The number of amides is 1. The molecule has 4 nitrogen and oxygen atoms in total. The van der Waals surface area contributed by atoms with Crippen molar-refractivity contribution in [2.45, 2.75) is 0 Å².